The van der Waals surface area contributed by atoms with Crippen LogP contribution in [0.3, 0.4) is 0 Å². The van der Waals surface area contributed by atoms with Gasteiger partial charge in [0.15, 0.2) is 0 Å². The lowest BCUT2D eigenvalue weighted by Gasteiger charge is -2.13. The molecule has 1 unspecified atom stereocenters. The van der Waals surface area contributed by atoms with Gasteiger partial charge in [-0.2, -0.15) is 0 Å². The molecule has 0 saturated carbocycles. The van der Waals surface area contributed by atoms with Crippen molar-refractivity contribution in [2.45, 2.75) is 17.1 Å². The van der Waals surface area contributed by atoms with Gasteiger partial charge in [-0.15, -0.1) is 23.1 Å². The van der Waals surface area contributed by atoms with Crippen LogP contribution in [-0.4, -0.2) is 17.1 Å². The summed E-state index contributed by atoms with van der Waals surface area (Å²) >= 11 is 14.8. The summed E-state index contributed by atoms with van der Waals surface area (Å²) in [6.07, 6.45) is 0. The molecule has 144 valence electrons. The Morgan fingerprint density at radius 2 is 1.79 bits per heavy atom. The van der Waals surface area contributed by atoms with Gasteiger partial charge >= 0.3 is 0 Å². The van der Waals surface area contributed by atoms with Crippen LogP contribution < -0.4 is 10.6 Å². The average Bonchev–Trinajstić information content (AvgIpc) is 3.21. The summed E-state index contributed by atoms with van der Waals surface area (Å²) in [5, 5.41) is 8.08. The van der Waals surface area contributed by atoms with Crippen molar-refractivity contribution >= 4 is 69.5 Å². The highest BCUT2D eigenvalue weighted by atomic mass is 35.5. The molecule has 0 radical (unpaired) electrons. The highest BCUT2D eigenvalue weighted by molar-refractivity contribution is 8.00. The fourth-order valence-corrected chi connectivity index (χ4v) is 4.13. The molecule has 3 aromatic rings. The number of rotatable bonds is 6. The third kappa shape index (κ3) is 5.52. The first-order chi connectivity index (χ1) is 13.4. The SMILES string of the molecule is CC(Sc1ccc(NC(=O)c2cccs2)cc1)C(=O)Nc1cc(Cl)ccc1Cl. The third-order valence-electron chi connectivity index (χ3n) is 3.73. The molecule has 0 saturated heterocycles. The van der Waals surface area contributed by atoms with Crippen LogP contribution in [0.25, 0.3) is 0 Å². The van der Waals surface area contributed by atoms with Gasteiger partial charge in [0, 0.05) is 15.6 Å². The van der Waals surface area contributed by atoms with E-state index in [9.17, 15) is 9.59 Å². The monoisotopic (exact) mass is 450 g/mol. The standard InChI is InChI=1S/C20H16Cl2N2O2S2/c1-12(19(25)24-17-11-13(21)4-9-16(17)22)28-15-7-5-14(6-8-15)23-20(26)18-3-2-10-27-18/h2-12H,1H3,(H,23,26)(H,24,25). The topological polar surface area (TPSA) is 58.2 Å². The van der Waals surface area contributed by atoms with Crippen molar-refractivity contribution in [2.24, 2.45) is 0 Å². The number of carbonyl (C=O) groups is 2. The van der Waals surface area contributed by atoms with Crippen LogP contribution in [0.2, 0.25) is 10.0 Å². The molecule has 0 aliphatic carbocycles. The molecule has 8 heteroatoms. The molecule has 1 heterocycles. The number of carbonyl (C=O) groups excluding carboxylic acids is 2. The summed E-state index contributed by atoms with van der Waals surface area (Å²) in [5.74, 6) is -0.314. The average molecular weight is 451 g/mol. The Labute approximate surface area is 181 Å². The Morgan fingerprint density at radius 1 is 1.04 bits per heavy atom. The van der Waals surface area contributed by atoms with Gasteiger partial charge in [-0.1, -0.05) is 29.3 Å². The van der Waals surface area contributed by atoms with E-state index in [0.29, 0.717) is 26.3 Å². The molecule has 2 amide bonds. The molecule has 2 aromatic carbocycles. The smallest absolute Gasteiger partial charge is 0.265 e. The van der Waals surface area contributed by atoms with Crippen molar-refractivity contribution in [2.75, 3.05) is 10.6 Å². The van der Waals surface area contributed by atoms with Crippen molar-refractivity contribution in [1.82, 2.24) is 0 Å². The van der Waals surface area contributed by atoms with E-state index in [0.717, 1.165) is 4.90 Å². The number of hydrogen-bond donors (Lipinski definition) is 2. The molecule has 3 rings (SSSR count). The second kappa shape index (κ2) is 9.47. The highest BCUT2D eigenvalue weighted by Crippen LogP contribution is 2.29. The van der Waals surface area contributed by atoms with Gasteiger partial charge in [-0.05, 0) is 60.8 Å². The summed E-state index contributed by atoms with van der Waals surface area (Å²) < 4.78 is 0. The number of thioether (sulfide) groups is 1. The number of anilines is 2. The van der Waals surface area contributed by atoms with Crippen LogP contribution >= 0.6 is 46.3 Å². The summed E-state index contributed by atoms with van der Waals surface area (Å²) in [7, 11) is 0. The molecule has 0 aliphatic rings. The van der Waals surface area contributed by atoms with Gasteiger partial charge in [0.05, 0.1) is 20.8 Å². The van der Waals surface area contributed by atoms with E-state index in [2.05, 4.69) is 10.6 Å². The number of thiophene rings is 1. The summed E-state index contributed by atoms with van der Waals surface area (Å²) in [5.41, 5.74) is 1.18. The van der Waals surface area contributed by atoms with Gasteiger partial charge in [0.25, 0.3) is 5.91 Å². The minimum atomic E-state index is -0.346. The zero-order chi connectivity index (χ0) is 20.1. The number of amides is 2. The van der Waals surface area contributed by atoms with E-state index in [4.69, 9.17) is 23.2 Å². The molecular formula is C20H16Cl2N2O2S2. The maximum absolute atomic E-state index is 12.4. The van der Waals surface area contributed by atoms with Crippen LogP contribution in [0.15, 0.2) is 64.9 Å². The zero-order valence-corrected chi connectivity index (χ0v) is 17.9. The van der Waals surface area contributed by atoms with Crippen LogP contribution in [0.4, 0.5) is 11.4 Å². The van der Waals surface area contributed by atoms with Crippen molar-refractivity contribution < 1.29 is 9.59 Å². The van der Waals surface area contributed by atoms with Crippen LogP contribution in [-0.2, 0) is 4.79 Å². The lowest BCUT2D eigenvalue weighted by atomic mass is 10.3. The molecule has 0 fully saturated rings. The maximum Gasteiger partial charge on any atom is 0.265 e. The number of halogens is 2. The lowest BCUT2D eigenvalue weighted by molar-refractivity contribution is -0.115. The van der Waals surface area contributed by atoms with E-state index in [1.165, 1.54) is 23.1 Å². The number of nitrogens with one attached hydrogen (secondary N) is 2. The third-order valence-corrected chi connectivity index (χ3v) is 6.27. The molecule has 2 N–H and O–H groups in total. The second-order valence-corrected chi connectivity index (χ2v) is 9.03. The molecule has 28 heavy (non-hydrogen) atoms. The second-order valence-electron chi connectivity index (χ2n) is 5.83. The van der Waals surface area contributed by atoms with Gasteiger partial charge in [-0.25, -0.2) is 0 Å². The zero-order valence-electron chi connectivity index (χ0n) is 14.7. The molecule has 4 nitrogen and oxygen atoms in total. The van der Waals surface area contributed by atoms with E-state index < -0.39 is 0 Å². The Balaban J connectivity index is 1.57. The van der Waals surface area contributed by atoms with Gasteiger partial charge < -0.3 is 10.6 Å². The summed E-state index contributed by atoms with van der Waals surface area (Å²) in [4.78, 5) is 26.1. The van der Waals surface area contributed by atoms with Gasteiger partial charge in [0.1, 0.15) is 0 Å². The van der Waals surface area contributed by atoms with Gasteiger partial charge in [-0.3, -0.25) is 9.59 Å². The Hall–Kier alpha value is -1.99. The quantitative estimate of drug-likeness (QED) is 0.425. The predicted molar refractivity (Wildman–Crippen MR) is 119 cm³/mol. The van der Waals surface area contributed by atoms with Crippen LogP contribution in [0.1, 0.15) is 16.6 Å². The summed E-state index contributed by atoms with van der Waals surface area (Å²) in [6, 6.07) is 15.9. The fraction of sp³-hybridized carbons (Fsp3) is 0.100. The molecule has 1 aromatic heterocycles. The first kappa shape index (κ1) is 20.7. The van der Waals surface area contributed by atoms with Crippen LogP contribution in [0.5, 0.6) is 0 Å². The fourth-order valence-electron chi connectivity index (χ4n) is 2.30. The Bertz CT molecular complexity index is 976. The Morgan fingerprint density at radius 3 is 2.46 bits per heavy atom. The molecule has 1 atom stereocenters. The van der Waals surface area contributed by atoms with E-state index >= 15 is 0 Å². The van der Waals surface area contributed by atoms with E-state index in [1.54, 1.807) is 24.3 Å². The first-order valence-corrected chi connectivity index (χ1v) is 10.8. The van der Waals surface area contributed by atoms with E-state index in [1.807, 2.05) is 42.6 Å². The maximum atomic E-state index is 12.4. The van der Waals surface area contributed by atoms with Crippen molar-refractivity contribution in [3.05, 3.63) is 74.9 Å². The normalized spacial score (nSPS) is 11.7. The van der Waals surface area contributed by atoms with Crippen molar-refractivity contribution in [3.8, 4) is 0 Å². The van der Waals surface area contributed by atoms with E-state index in [-0.39, 0.29) is 17.1 Å². The summed E-state index contributed by atoms with van der Waals surface area (Å²) in [6.45, 7) is 1.81. The number of benzene rings is 2. The minimum Gasteiger partial charge on any atom is -0.324 e. The molecule has 0 aliphatic heterocycles. The largest absolute Gasteiger partial charge is 0.324 e. The minimum absolute atomic E-state index is 0.137. The van der Waals surface area contributed by atoms with Crippen molar-refractivity contribution in [1.29, 1.82) is 0 Å². The Kier molecular flexibility index (Phi) is 7.02. The van der Waals surface area contributed by atoms with Crippen molar-refractivity contribution in [3.63, 3.8) is 0 Å². The van der Waals surface area contributed by atoms with Crippen LogP contribution in [0, 0.1) is 0 Å². The molecule has 0 spiro atoms. The lowest BCUT2D eigenvalue weighted by Crippen LogP contribution is -2.22. The highest BCUT2D eigenvalue weighted by Gasteiger charge is 2.16. The number of hydrogen-bond acceptors (Lipinski definition) is 4. The predicted octanol–water partition coefficient (Wildman–Crippen LogP) is 6.43. The first-order valence-electron chi connectivity index (χ1n) is 8.30. The van der Waals surface area contributed by atoms with Gasteiger partial charge in [0.2, 0.25) is 5.91 Å². The molecule has 0 bridgehead atoms. The molecular weight excluding hydrogens is 435 g/mol.